The molecule has 0 aliphatic carbocycles. The third-order valence-corrected chi connectivity index (χ3v) is 3.04. The maximum atomic E-state index is 12.1. The second kappa shape index (κ2) is 5.77. The van der Waals surface area contributed by atoms with Crippen molar-refractivity contribution in [3.05, 3.63) is 40.2 Å². The van der Waals surface area contributed by atoms with Crippen molar-refractivity contribution in [3.63, 3.8) is 0 Å². The predicted octanol–water partition coefficient (Wildman–Crippen LogP) is 1.88. The Bertz CT molecular complexity index is 703. The van der Waals surface area contributed by atoms with Crippen LogP contribution in [0.4, 0.5) is 0 Å². The van der Waals surface area contributed by atoms with Crippen LogP contribution < -0.4 is 10.3 Å². The van der Waals surface area contributed by atoms with Crippen LogP contribution >= 0.6 is 0 Å². The first-order chi connectivity index (χ1) is 9.56. The van der Waals surface area contributed by atoms with Gasteiger partial charge in [-0.05, 0) is 31.5 Å². The molecule has 0 aliphatic rings. The van der Waals surface area contributed by atoms with Gasteiger partial charge >= 0.3 is 5.97 Å². The third-order valence-electron chi connectivity index (χ3n) is 3.04. The highest BCUT2D eigenvalue weighted by Crippen LogP contribution is 2.24. The quantitative estimate of drug-likeness (QED) is 0.799. The Labute approximate surface area is 116 Å². The normalized spacial score (nSPS) is 10.6. The number of carbonyl (C=O) groups is 1. The number of rotatable bonds is 4. The van der Waals surface area contributed by atoms with E-state index >= 15 is 0 Å². The number of hydrogen-bond acceptors (Lipinski definition) is 4. The van der Waals surface area contributed by atoms with Crippen molar-refractivity contribution in [3.8, 4) is 5.75 Å². The third kappa shape index (κ3) is 2.66. The predicted molar refractivity (Wildman–Crippen MR) is 76.1 cm³/mol. The summed E-state index contributed by atoms with van der Waals surface area (Å²) in [6, 6.07) is 7.06. The van der Waals surface area contributed by atoms with E-state index in [9.17, 15) is 9.59 Å². The summed E-state index contributed by atoms with van der Waals surface area (Å²) in [5.41, 5.74) is 1.39. The molecule has 5 heteroatoms. The molecule has 0 bridgehead atoms. The molecule has 106 valence electrons. The Morgan fingerprint density at radius 2 is 2.05 bits per heavy atom. The molecule has 0 aliphatic heterocycles. The first-order valence-corrected chi connectivity index (χ1v) is 6.40. The highest BCUT2D eigenvalue weighted by Gasteiger charge is 2.12. The van der Waals surface area contributed by atoms with Gasteiger partial charge in [-0.2, -0.15) is 0 Å². The summed E-state index contributed by atoms with van der Waals surface area (Å²) in [7, 11) is 1.52. The van der Waals surface area contributed by atoms with Crippen LogP contribution in [0, 0.1) is 6.92 Å². The summed E-state index contributed by atoms with van der Waals surface area (Å²) in [6.07, 6.45) is 0. The van der Waals surface area contributed by atoms with Crippen molar-refractivity contribution in [1.82, 2.24) is 4.57 Å². The molecule has 0 saturated carbocycles. The number of hydrogen-bond donors (Lipinski definition) is 0. The van der Waals surface area contributed by atoms with E-state index in [0.717, 1.165) is 10.9 Å². The van der Waals surface area contributed by atoms with Crippen molar-refractivity contribution >= 4 is 16.9 Å². The molecule has 20 heavy (non-hydrogen) atoms. The maximum Gasteiger partial charge on any atom is 0.326 e. The minimum absolute atomic E-state index is 0.101. The highest BCUT2D eigenvalue weighted by molar-refractivity contribution is 5.87. The maximum absolute atomic E-state index is 12.1. The Morgan fingerprint density at radius 3 is 2.70 bits per heavy atom. The number of aryl methyl sites for hydroxylation is 1. The second-order valence-electron chi connectivity index (χ2n) is 4.46. The monoisotopic (exact) mass is 275 g/mol. The lowest BCUT2D eigenvalue weighted by molar-refractivity contribution is -0.143. The molecule has 1 aromatic heterocycles. The molecule has 0 radical (unpaired) electrons. The van der Waals surface area contributed by atoms with Crippen LogP contribution in [-0.2, 0) is 16.1 Å². The number of nitrogens with zero attached hydrogens (tertiary/aromatic N) is 1. The summed E-state index contributed by atoms with van der Waals surface area (Å²) >= 11 is 0. The number of benzene rings is 1. The first-order valence-electron chi connectivity index (χ1n) is 6.40. The zero-order valence-electron chi connectivity index (χ0n) is 11.8. The molecule has 0 spiro atoms. The molecule has 5 nitrogen and oxygen atoms in total. The zero-order valence-corrected chi connectivity index (χ0v) is 11.8. The van der Waals surface area contributed by atoms with Gasteiger partial charge in [0.25, 0.3) is 5.56 Å². The number of pyridine rings is 1. The molecular weight excluding hydrogens is 258 g/mol. The fourth-order valence-corrected chi connectivity index (χ4v) is 2.13. The van der Waals surface area contributed by atoms with E-state index in [2.05, 4.69) is 0 Å². The van der Waals surface area contributed by atoms with Gasteiger partial charge in [0.15, 0.2) is 0 Å². The van der Waals surface area contributed by atoms with E-state index in [0.29, 0.717) is 17.9 Å². The van der Waals surface area contributed by atoms with Crippen LogP contribution in [0.2, 0.25) is 0 Å². The van der Waals surface area contributed by atoms with Crippen molar-refractivity contribution in [2.24, 2.45) is 0 Å². The van der Waals surface area contributed by atoms with Gasteiger partial charge in [-0.3, -0.25) is 14.2 Å². The lowest BCUT2D eigenvalue weighted by Crippen LogP contribution is -2.25. The van der Waals surface area contributed by atoms with E-state index in [-0.39, 0.29) is 12.1 Å². The molecule has 0 N–H and O–H groups in total. The summed E-state index contributed by atoms with van der Waals surface area (Å²) in [5, 5.41) is 0.794. The smallest absolute Gasteiger partial charge is 0.326 e. The van der Waals surface area contributed by atoms with Crippen molar-refractivity contribution in [2.45, 2.75) is 20.4 Å². The van der Waals surface area contributed by atoms with Crippen molar-refractivity contribution in [2.75, 3.05) is 13.7 Å². The number of aromatic nitrogens is 1. The fraction of sp³-hybridized carbons (Fsp3) is 0.333. The van der Waals surface area contributed by atoms with Crippen LogP contribution in [-0.4, -0.2) is 24.3 Å². The fourth-order valence-electron chi connectivity index (χ4n) is 2.13. The van der Waals surface area contributed by atoms with Crippen LogP contribution in [0.3, 0.4) is 0 Å². The van der Waals surface area contributed by atoms with E-state index < -0.39 is 5.97 Å². The SMILES string of the molecule is CCOC(=O)Cn1c(=O)cc(OC)c2ccc(C)cc21. The van der Waals surface area contributed by atoms with Gasteiger partial charge < -0.3 is 9.47 Å². The minimum Gasteiger partial charge on any atom is -0.496 e. The van der Waals surface area contributed by atoms with Gasteiger partial charge in [0.05, 0.1) is 19.2 Å². The van der Waals surface area contributed by atoms with E-state index in [1.807, 2.05) is 25.1 Å². The number of ether oxygens (including phenoxy) is 2. The van der Waals surface area contributed by atoms with Gasteiger partial charge in [0.1, 0.15) is 12.3 Å². The largest absolute Gasteiger partial charge is 0.496 e. The van der Waals surface area contributed by atoms with E-state index in [4.69, 9.17) is 9.47 Å². The lowest BCUT2D eigenvalue weighted by Gasteiger charge is -2.13. The van der Waals surface area contributed by atoms with Crippen LogP contribution in [0.5, 0.6) is 5.75 Å². The van der Waals surface area contributed by atoms with Crippen LogP contribution in [0.15, 0.2) is 29.1 Å². The zero-order chi connectivity index (χ0) is 14.7. The topological polar surface area (TPSA) is 57.5 Å². The molecule has 0 amide bonds. The van der Waals surface area contributed by atoms with Gasteiger partial charge in [0.2, 0.25) is 0 Å². The molecule has 0 fully saturated rings. The Morgan fingerprint density at radius 1 is 1.30 bits per heavy atom. The number of methoxy groups -OCH3 is 1. The summed E-state index contributed by atoms with van der Waals surface area (Å²) in [6.45, 7) is 3.85. The molecule has 0 saturated heterocycles. The summed E-state index contributed by atoms with van der Waals surface area (Å²) in [5.74, 6) is 0.0766. The molecule has 2 aromatic rings. The minimum atomic E-state index is -0.428. The van der Waals surface area contributed by atoms with Crippen molar-refractivity contribution < 1.29 is 14.3 Å². The van der Waals surface area contributed by atoms with Crippen molar-refractivity contribution in [1.29, 1.82) is 0 Å². The Kier molecular flexibility index (Phi) is 4.08. The average Bonchev–Trinajstić information content (AvgIpc) is 2.42. The molecular formula is C15H17NO4. The van der Waals surface area contributed by atoms with Crippen LogP contribution in [0.1, 0.15) is 12.5 Å². The Balaban J connectivity index is 2.64. The number of carbonyl (C=O) groups excluding carboxylic acids is 1. The average molecular weight is 275 g/mol. The molecule has 1 aromatic carbocycles. The number of fused-ring (bicyclic) bond motifs is 1. The molecule has 1 heterocycles. The highest BCUT2D eigenvalue weighted by atomic mass is 16.5. The lowest BCUT2D eigenvalue weighted by atomic mass is 10.1. The second-order valence-corrected chi connectivity index (χ2v) is 4.46. The van der Waals surface area contributed by atoms with Gasteiger partial charge in [-0.1, -0.05) is 6.07 Å². The molecule has 0 atom stereocenters. The van der Waals surface area contributed by atoms with E-state index in [1.54, 1.807) is 6.92 Å². The van der Waals surface area contributed by atoms with Crippen LogP contribution in [0.25, 0.3) is 10.9 Å². The number of esters is 1. The van der Waals surface area contributed by atoms with E-state index in [1.165, 1.54) is 17.7 Å². The summed E-state index contributed by atoms with van der Waals surface area (Å²) in [4.78, 5) is 23.8. The molecule has 0 unspecified atom stereocenters. The standard InChI is InChI=1S/C15H17NO4/c1-4-20-15(18)9-16-12-7-10(2)5-6-11(12)13(19-3)8-14(16)17/h5-8H,4,9H2,1-3H3. The van der Waals surface area contributed by atoms with Gasteiger partial charge in [-0.25, -0.2) is 0 Å². The Hall–Kier alpha value is -2.30. The molecule has 2 rings (SSSR count). The first kappa shape index (κ1) is 14.1. The summed E-state index contributed by atoms with van der Waals surface area (Å²) < 4.78 is 11.5. The van der Waals surface area contributed by atoms with Gasteiger partial charge in [-0.15, -0.1) is 0 Å². The van der Waals surface area contributed by atoms with Gasteiger partial charge in [0, 0.05) is 11.5 Å².